The largest absolute Gasteiger partial charge is 0.356 e. The minimum atomic E-state index is -0.0118. The molecule has 0 heterocycles. The van der Waals surface area contributed by atoms with Crippen molar-refractivity contribution < 1.29 is 4.79 Å². The lowest BCUT2D eigenvalue weighted by Crippen LogP contribution is -2.40. The predicted octanol–water partition coefficient (Wildman–Crippen LogP) is 1.23. The van der Waals surface area contributed by atoms with Gasteiger partial charge in [0, 0.05) is 27.2 Å². The second-order valence-corrected chi connectivity index (χ2v) is 4.69. The van der Waals surface area contributed by atoms with Crippen LogP contribution >= 0.6 is 0 Å². The van der Waals surface area contributed by atoms with Gasteiger partial charge in [-0.2, -0.15) is 0 Å². The Kier molecular flexibility index (Phi) is 9.57. The molecule has 0 radical (unpaired) electrons. The molecule has 19 heavy (non-hydrogen) atoms. The second-order valence-electron chi connectivity index (χ2n) is 4.69. The lowest BCUT2D eigenvalue weighted by atomic mass is 10.0. The average molecular weight is 268 g/mol. The first-order valence-corrected chi connectivity index (χ1v) is 6.88. The van der Waals surface area contributed by atoms with Crippen molar-refractivity contribution in [3.63, 3.8) is 0 Å². The first-order chi connectivity index (χ1) is 9.04. The fourth-order valence-electron chi connectivity index (χ4n) is 1.45. The van der Waals surface area contributed by atoms with E-state index in [1.807, 2.05) is 0 Å². The van der Waals surface area contributed by atoms with Crippen LogP contribution in [-0.2, 0) is 4.79 Å². The summed E-state index contributed by atoms with van der Waals surface area (Å²) in [6.45, 7) is 9.68. The minimum absolute atomic E-state index is 0.0118. The maximum Gasteiger partial charge on any atom is 0.243 e. The Morgan fingerprint density at radius 2 is 1.95 bits per heavy atom. The monoisotopic (exact) mass is 268 g/mol. The molecule has 0 aliphatic rings. The number of hydrogen-bond donors (Lipinski definition) is 2. The standard InChI is InChI=1S/C14H28N4O/c1-6-9-15-14(16-10-12(7-2)8-3)17-11-13(19)18(4)5/h6,12H,1,7-11H2,2-5H3,(H2,15,16,17). The Balaban J connectivity index is 4.39. The molecule has 0 aromatic carbocycles. The maximum atomic E-state index is 11.5. The minimum Gasteiger partial charge on any atom is -0.356 e. The van der Waals surface area contributed by atoms with Gasteiger partial charge in [0.25, 0.3) is 0 Å². The number of carbonyl (C=O) groups excluding carboxylic acids is 1. The Morgan fingerprint density at radius 3 is 2.42 bits per heavy atom. The van der Waals surface area contributed by atoms with E-state index in [9.17, 15) is 4.79 Å². The van der Waals surface area contributed by atoms with Gasteiger partial charge in [0.05, 0.1) is 0 Å². The summed E-state index contributed by atoms with van der Waals surface area (Å²) >= 11 is 0. The lowest BCUT2D eigenvalue weighted by molar-refractivity contribution is -0.127. The zero-order valence-electron chi connectivity index (χ0n) is 12.7. The molecule has 0 aliphatic carbocycles. The summed E-state index contributed by atoms with van der Waals surface area (Å²) in [5, 5.41) is 6.39. The average Bonchev–Trinajstić information content (AvgIpc) is 2.41. The Labute approximate surface area is 117 Å². The van der Waals surface area contributed by atoms with Gasteiger partial charge in [-0.25, -0.2) is 4.99 Å². The first kappa shape index (κ1) is 17.5. The van der Waals surface area contributed by atoms with Gasteiger partial charge >= 0.3 is 0 Å². The molecular formula is C14H28N4O. The second kappa shape index (κ2) is 10.4. The zero-order valence-corrected chi connectivity index (χ0v) is 12.7. The summed E-state index contributed by atoms with van der Waals surface area (Å²) in [4.78, 5) is 17.3. The molecule has 110 valence electrons. The van der Waals surface area contributed by atoms with Crippen molar-refractivity contribution in [1.82, 2.24) is 15.5 Å². The van der Waals surface area contributed by atoms with Gasteiger partial charge in [-0.15, -0.1) is 6.58 Å². The van der Waals surface area contributed by atoms with E-state index in [1.54, 1.807) is 20.2 Å². The number of nitrogens with one attached hydrogen (secondary N) is 2. The van der Waals surface area contributed by atoms with Gasteiger partial charge in [0.15, 0.2) is 5.96 Å². The molecule has 0 atom stereocenters. The van der Waals surface area contributed by atoms with E-state index in [-0.39, 0.29) is 12.5 Å². The van der Waals surface area contributed by atoms with Crippen LogP contribution in [0.4, 0.5) is 0 Å². The molecule has 2 N–H and O–H groups in total. The maximum absolute atomic E-state index is 11.5. The Morgan fingerprint density at radius 1 is 1.32 bits per heavy atom. The highest BCUT2D eigenvalue weighted by Crippen LogP contribution is 2.04. The molecule has 5 heteroatoms. The number of rotatable bonds is 8. The van der Waals surface area contributed by atoms with Crippen LogP contribution in [0.1, 0.15) is 26.7 Å². The van der Waals surface area contributed by atoms with Crippen molar-refractivity contribution >= 4 is 11.9 Å². The van der Waals surface area contributed by atoms with E-state index in [4.69, 9.17) is 0 Å². The third-order valence-electron chi connectivity index (χ3n) is 3.00. The molecule has 0 aromatic rings. The summed E-state index contributed by atoms with van der Waals surface area (Å²) < 4.78 is 0. The van der Waals surface area contributed by atoms with Gasteiger partial charge in [-0.1, -0.05) is 32.8 Å². The van der Waals surface area contributed by atoms with Crippen LogP contribution in [0, 0.1) is 5.92 Å². The van der Waals surface area contributed by atoms with Crippen molar-refractivity contribution in [3.8, 4) is 0 Å². The highest BCUT2D eigenvalue weighted by Gasteiger charge is 2.06. The van der Waals surface area contributed by atoms with Crippen LogP contribution in [0.3, 0.4) is 0 Å². The Bertz CT molecular complexity index is 296. The number of nitrogens with zero attached hydrogens (tertiary/aromatic N) is 2. The summed E-state index contributed by atoms with van der Waals surface area (Å²) in [7, 11) is 3.46. The van der Waals surface area contributed by atoms with Gasteiger partial charge < -0.3 is 15.5 Å². The third kappa shape index (κ3) is 8.24. The summed E-state index contributed by atoms with van der Waals surface area (Å²) in [6, 6.07) is 0. The zero-order chi connectivity index (χ0) is 14.7. The van der Waals surface area contributed by atoms with Crippen LogP contribution in [0.15, 0.2) is 17.6 Å². The van der Waals surface area contributed by atoms with E-state index in [2.05, 4.69) is 36.1 Å². The van der Waals surface area contributed by atoms with E-state index in [0.717, 1.165) is 19.4 Å². The third-order valence-corrected chi connectivity index (χ3v) is 3.00. The van der Waals surface area contributed by atoms with E-state index < -0.39 is 0 Å². The van der Waals surface area contributed by atoms with E-state index >= 15 is 0 Å². The summed E-state index contributed by atoms with van der Waals surface area (Å²) in [5.41, 5.74) is 0. The number of guanidine groups is 1. The van der Waals surface area contributed by atoms with Crippen LogP contribution in [0.5, 0.6) is 0 Å². The number of likely N-dealkylation sites (N-methyl/N-ethyl adjacent to an activating group) is 1. The van der Waals surface area contributed by atoms with Gasteiger partial charge in [0.2, 0.25) is 5.91 Å². The van der Waals surface area contributed by atoms with Crippen molar-refractivity contribution in [2.75, 3.05) is 33.7 Å². The smallest absolute Gasteiger partial charge is 0.243 e. The summed E-state index contributed by atoms with van der Waals surface area (Å²) in [5.74, 6) is 1.28. The van der Waals surface area contributed by atoms with Crippen LogP contribution in [0.2, 0.25) is 0 Å². The normalized spacial score (nSPS) is 11.3. The van der Waals surface area contributed by atoms with E-state index in [0.29, 0.717) is 18.4 Å². The fourth-order valence-corrected chi connectivity index (χ4v) is 1.45. The van der Waals surface area contributed by atoms with Gasteiger partial charge in [-0.05, 0) is 5.92 Å². The molecular weight excluding hydrogens is 240 g/mol. The first-order valence-electron chi connectivity index (χ1n) is 6.88. The molecule has 1 amide bonds. The van der Waals surface area contributed by atoms with Crippen LogP contribution in [-0.4, -0.2) is 50.5 Å². The molecule has 0 unspecified atom stereocenters. The highest BCUT2D eigenvalue weighted by atomic mass is 16.2. The molecule has 0 spiro atoms. The van der Waals surface area contributed by atoms with Crippen LogP contribution in [0.25, 0.3) is 0 Å². The Hall–Kier alpha value is -1.52. The molecule has 0 aliphatic heterocycles. The lowest BCUT2D eigenvalue weighted by Gasteiger charge is -2.17. The predicted molar refractivity (Wildman–Crippen MR) is 81.3 cm³/mol. The van der Waals surface area contributed by atoms with E-state index in [1.165, 1.54) is 4.90 Å². The van der Waals surface area contributed by atoms with Crippen molar-refractivity contribution in [2.24, 2.45) is 10.9 Å². The quantitative estimate of drug-likeness (QED) is 0.395. The number of amides is 1. The number of carbonyl (C=O) groups is 1. The molecule has 0 fully saturated rings. The van der Waals surface area contributed by atoms with Crippen molar-refractivity contribution in [1.29, 1.82) is 0 Å². The SMILES string of the molecule is C=CCNC(=NCC(=O)N(C)C)NCC(CC)CC. The van der Waals surface area contributed by atoms with Crippen molar-refractivity contribution in [3.05, 3.63) is 12.7 Å². The molecule has 0 saturated carbocycles. The molecule has 0 bridgehead atoms. The number of aliphatic imine (C=N–C) groups is 1. The fraction of sp³-hybridized carbons (Fsp3) is 0.714. The van der Waals surface area contributed by atoms with Gasteiger partial charge in [0.1, 0.15) is 6.54 Å². The van der Waals surface area contributed by atoms with Gasteiger partial charge in [-0.3, -0.25) is 4.79 Å². The molecule has 5 nitrogen and oxygen atoms in total. The molecule has 0 rings (SSSR count). The molecule has 0 saturated heterocycles. The molecule has 0 aromatic heterocycles. The van der Waals surface area contributed by atoms with Crippen LogP contribution < -0.4 is 10.6 Å². The summed E-state index contributed by atoms with van der Waals surface area (Å²) in [6.07, 6.45) is 4.03. The topological polar surface area (TPSA) is 56.7 Å². The highest BCUT2D eigenvalue weighted by molar-refractivity contribution is 5.84. The number of hydrogen-bond acceptors (Lipinski definition) is 2. The van der Waals surface area contributed by atoms with Crippen molar-refractivity contribution in [2.45, 2.75) is 26.7 Å².